The van der Waals surface area contributed by atoms with Gasteiger partial charge >= 0.3 is 0 Å². The van der Waals surface area contributed by atoms with Crippen LogP contribution in [-0.2, 0) is 4.79 Å². The van der Waals surface area contributed by atoms with Crippen molar-refractivity contribution in [2.24, 2.45) is 0 Å². The molecule has 1 unspecified atom stereocenters. The summed E-state index contributed by atoms with van der Waals surface area (Å²) in [4.78, 5) is 27.9. The molecule has 4 rings (SSSR count). The van der Waals surface area contributed by atoms with Crippen molar-refractivity contribution in [1.29, 1.82) is 0 Å². The molecule has 1 aromatic carbocycles. The van der Waals surface area contributed by atoms with Crippen molar-refractivity contribution in [3.05, 3.63) is 87.2 Å². The van der Waals surface area contributed by atoms with E-state index in [-0.39, 0.29) is 11.4 Å². The monoisotopic (exact) mass is 379 g/mol. The van der Waals surface area contributed by atoms with Gasteiger partial charge in [0.25, 0.3) is 5.91 Å². The fourth-order valence-electron chi connectivity index (χ4n) is 3.42. The zero-order valence-electron chi connectivity index (χ0n) is 14.8. The summed E-state index contributed by atoms with van der Waals surface area (Å²) in [7, 11) is 0. The molecule has 0 fully saturated rings. The van der Waals surface area contributed by atoms with Gasteiger partial charge in [0.05, 0.1) is 16.7 Å². The Morgan fingerprint density at radius 2 is 2.00 bits per heavy atom. The van der Waals surface area contributed by atoms with Crippen molar-refractivity contribution < 1.29 is 19.1 Å². The number of ketones is 1. The minimum atomic E-state index is -0.816. The van der Waals surface area contributed by atoms with Gasteiger partial charge in [-0.2, -0.15) is 0 Å². The molecule has 0 radical (unpaired) electrons. The fourth-order valence-corrected chi connectivity index (χ4v) is 4.10. The van der Waals surface area contributed by atoms with E-state index in [1.165, 1.54) is 22.5 Å². The van der Waals surface area contributed by atoms with Gasteiger partial charge in [-0.25, -0.2) is 0 Å². The SMILES string of the molecule is Cc1ccc(N2C(=O)C(O)=C(C(=O)c3cccs3)C2c2ccco2)c(C)c1. The van der Waals surface area contributed by atoms with Crippen LogP contribution in [0.25, 0.3) is 0 Å². The van der Waals surface area contributed by atoms with Crippen molar-refractivity contribution in [2.75, 3.05) is 4.90 Å². The summed E-state index contributed by atoms with van der Waals surface area (Å²) in [6.07, 6.45) is 1.49. The zero-order valence-corrected chi connectivity index (χ0v) is 15.6. The third-order valence-corrected chi connectivity index (χ3v) is 5.49. The fraction of sp³-hybridized carbons (Fsp3) is 0.143. The molecule has 0 saturated carbocycles. The van der Waals surface area contributed by atoms with E-state index in [4.69, 9.17) is 4.42 Å². The second-order valence-electron chi connectivity index (χ2n) is 6.45. The number of carbonyl (C=O) groups excluding carboxylic acids is 2. The smallest absolute Gasteiger partial charge is 0.294 e. The lowest BCUT2D eigenvalue weighted by Crippen LogP contribution is -2.31. The standard InChI is InChI=1S/C21H17NO4S/c1-12-7-8-14(13(2)11-12)22-18(15-5-3-9-26-15)17(20(24)21(22)25)19(23)16-6-4-10-27-16/h3-11,18,24H,1-2H3. The highest BCUT2D eigenvalue weighted by Gasteiger charge is 2.46. The summed E-state index contributed by atoms with van der Waals surface area (Å²) in [6, 6.07) is 11.7. The molecular weight excluding hydrogens is 362 g/mol. The molecule has 6 heteroatoms. The van der Waals surface area contributed by atoms with Crippen molar-refractivity contribution in [2.45, 2.75) is 19.9 Å². The van der Waals surface area contributed by atoms with E-state index in [9.17, 15) is 14.7 Å². The van der Waals surface area contributed by atoms with Crippen LogP contribution in [0.4, 0.5) is 5.69 Å². The number of benzene rings is 1. The number of furan rings is 1. The summed E-state index contributed by atoms with van der Waals surface area (Å²) in [6.45, 7) is 3.86. The summed E-state index contributed by atoms with van der Waals surface area (Å²) in [5, 5.41) is 12.4. The summed E-state index contributed by atoms with van der Waals surface area (Å²) < 4.78 is 5.54. The van der Waals surface area contributed by atoms with Gasteiger partial charge in [-0.3, -0.25) is 14.5 Å². The highest BCUT2D eigenvalue weighted by Crippen LogP contribution is 2.43. The number of thiophene rings is 1. The first kappa shape index (κ1) is 17.3. The molecule has 1 aliphatic rings. The van der Waals surface area contributed by atoms with Crippen LogP contribution in [0.2, 0.25) is 0 Å². The van der Waals surface area contributed by atoms with Crippen LogP contribution in [0.15, 0.2) is 69.9 Å². The molecule has 1 atom stereocenters. The molecule has 0 spiro atoms. The normalized spacial score (nSPS) is 17.0. The molecule has 136 valence electrons. The second-order valence-corrected chi connectivity index (χ2v) is 7.40. The van der Waals surface area contributed by atoms with Gasteiger partial charge < -0.3 is 9.52 Å². The van der Waals surface area contributed by atoms with E-state index in [1.54, 1.807) is 29.6 Å². The molecule has 1 amide bonds. The lowest BCUT2D eigenvalue weighted by Gasteiger charge is -2.26. The first-order valence-corrected chi connectivity index (χ1v) is 9.32. The molecule has 3 aromatic rings. The van der Waals surface area contributed by atoms with Crippen molar-refractivity contribution in [3.63, 3.8) is 0 Å². The van der Waals surface area contributed by atoms with E-state index in [0.29, 0.717) is 16.3 Å². The van der Waals surface area contributed by atoms with E-state index in [2.05, 4.69) is 0 Å². The number of amides is 1. The number of hydrogen-bond donors (Lipinski definition) is 1. The number of carbonyl (C=O) groups is 2. The average molecular weight is 379 g/mol. The minimum absolute atomic E-state index is 0.0392. The van der Waals surface area contributed by atoms with Gasteiger partial charge in [0.15, 0.2) is 5.76 Å². The molecular formula is C21H17NO4S. The van der Waals surface area contributed by atoms with Crippen molar-refractivity contribution in [3.8, 4) is 0 Å². The number of hydrogen-bond acceptors (Lipinski definition) is 5. The average Bonchev–Trinajstić information content (AvgIpc) is 3.38. The van der Waals surface area contributed by atoms with E-state index in [0.717, 1.165) is 11.1 Å². The lowest BCUT2D eigenvalue weighted by molar-refractivity contribution is -0.117. The second kappa shape index (κ2) is 6.55. The topological polar surface area (TPSA) is 70.8 Å². The maximum Gasteiger partial charge on any atom is 0.294 e. The molecule has 2 aromatic heterocycles. The number of Topliss-reactive ketones (excluding diaryl/α,β-unsaturated/α-hetero) is 1. The lowest BCUT2D eigenvalue weighted by atomic mass is 9.99. The summed E-state index contributed by atoms with van der Waals surface area (Å²) >= 11 is 1.27. The van der Waals surface area contributed by atoms with E-state index in [1.807, 2.05) is 32.0 Å². The predicted octanol–water partition coefficient (Wildman–Crippen LogP) is 4.74. The van der Waals surface area contributed by atoms with Crippen LogP contribution in [0.1, 0.15) is 32.6 Å². The quantitative estimate of drug-likeness (QED) is 0.665. The molecule has 3 heterocycles. The van der Waals surface area contributed by atoms with E-state index < -0.39 is 17.7 Å². The zero-order chi connectivity index (χ0) is 19.1. The molecule has 5 nitrogen and oxygen atoms in total. The Labute approximate surface area is 160 Å². The Morgan fingerprint density at radius 1 is 1.19 bits per heavy atom. The Bertz CT molecular complexity index is 1050. The maximum absolute atomic E-state index is 13.1. The highest BCUT2D eigenvalue weighted by atomic mass is 32.1. The van der Waals surface area contributed by atoms with Crippen molar-refractivity contribution in [1.82, 2.24) is 0 Å². The summed E-state index contributed by atoms with van der Waals surface area (Å²) in [5.74, 6) is -1.09. The third kappa shape index (κ3) is 2.78. The molecule has 0 aliphatic carbocycles. The first-order valence-electron chi connectivity index (χ1n) is 8.44. The van der Waals surface area contributed by atoms with Gasteiger partial charge in [0.1, 0.15) is 11.8 Å². The predicted molar refractivity (Wildman–Crippen MR) is 103 cm³/mol. The Hall–Kier alpha value is -3.12. The van der Waals surface area contributed by atoms with Crippen LogP contribution in [0.3, 0.4) is 0 Å². The maximum atomic E-state index is 13.1. The Morgan fingerprint density at radius 3 is 2.63 bits per heavy atom. The van der Waals surface area contributed by atoms with Crippen LogP contribution in [0.5, 0.6) is 0 Å². The Balaban J connectivity index is 1.89. The first-order chi connectivity index (χ1) is 13.0. The minimum Gasteiger partial charge on any atom is -0.503 e. The van der Waals surface area contributed by atoms with Gasteiger partial charge in [-0.15, -0.1) is 11.3 Å². The molecule has 0 saturated heterocycles. The number of aliphatic hydroxyl groups is 1. The number of nitrogens with zero attached hydrogens (tertiary/aromatic N) is 1. The van der Waals surface area contributed by atoms with Crippen LogP contribution in [-0.4, -0.2) is 16.8 Å². The Kier molecular flexibility index (Phi) is 4.20. The van der Waals surface area contributed by atoms with Gasteiger partial charge in [0, 0.05) is 5.69 Å². The van der Waals surface area contributed by atoms with Crippen LogP contribution in [0, 0.1) is 13.8 Å². The van der Waals surface area contributed by atoms with Crippen LogP contribution >= 0.6 is 11.3 Å². The number of aliphatic hydroxyl groups excluding tert-OH is 1. The van der Waals surface area contributed by atoms with Crippen molar-refractivity contribution >= 4 is 28.7 Å². The number of aryl methyl sites for hydroxylation is 2. The van der Waals surface area contributed by atoms with E-state index >= 15 is 0 Å². The molecule has 1 N–H and O–H groups in total. The summed E-state index contributed by atoms with van der Waals surface area (Å²) in [5.41, 5.74) is 2.60. The molecule has 0 bridgehead atoms. The van der Waals surface area contributed by atoms with Gasteiger partial charge in [-0.1, -0.05) is 23.8 Å². The largest absolute Gasteiger partial charge is 0.503 e. The number of rotatable bonds is 4. The number of anilines is 1. The van der Waals surface area contributed by atoms with Crippen LogP contribution < -0.4 is 4.90 Å². The molecule has 1 aliphatic heterocycles. The highest BCUT2D eigenvalue weighted by molar-refractivity contribution is 7.12. The van der Waals surface area contributed by atoms with Gasteiger partial charge in [-0.05, 0) is 49.1 Å². The van der Waals surface area contributed by atoms with Gasteiger partial charge in [0.2, 0.25) is 5.78 Å². The molecule has 27 heavy (non-hydrogen) atoms. The third-order valence-electron chi connectivity index (χ3n) is 4.62.